The maximum atomic E-state index is 13.9. The predicted molar refractivity (Wildman–Crippen MR) is 117 cm³/mol. The van der Waals surface area contributed by atoms with Crippen molar-refractivity contribution in [3.05, 3.63) is 88.2 Å². The van der Waals surface area contributed by atoms with E-state index in [9.17, 15) is 17.6 Å². The van der Waals surface area contributed by atoms with Crippen molar-refractivity contribution in [2.75, 3.05) is 10.0 Å². The molecule has 0 saturated carbocycles. The van der Waals surface area contributed by atoms with Crippen molar-refractivity contribution >= 4 is 38.9 Å². The Labute approximate surface area is 179 Å². The quantitative estimate of drug-likeness (QED) is 0.554. The fraction of sp³-hybridized carbons (Fsp3) is 0.136. The summed E-state index contributed by atoms with van der Waals surface area (Å²) in [6, 6.07) is 15.4. The van der Waals surface area contributed by atoms with Gasteiger partial charge in [-0.2, -0.15) is 0 Å². The van der Waals surface area contributed by atoms with Gasteiger partial charge < -0.3 is 5.32 Å². The normalized spacial score (nSPS) is 11.2. The van der Waals surface area contributed by atoms with Gasteiger partial charge in [0.2, 0.25) is 5.91 Å². The second-order valence-electron chi connectivity index (χ2n) is 6.92. The highest BCUT2D eigenvalue weighted by molar-refractivity contribution is 7.92. The van der Waals surface area contributed by atoms with Gasteiger partial charge >= 0.3 is 0 Å². The molecule has 0 aliphatic rings. The van der Waals surface area contributed by atoms with E-state index >= 15 is 0 Å². The average Bonchev–Trinajstić information content (AvgIpc) is 2.65. The van der Waals surface area contributed by atoms with E-state index in [1.165, 1.54) is 18.2 Å². The lowest BCUT2D eigenvalue weighted by atomic mass is 10.1. The number of hydrogen-bond donors (Lipinski definition) is 2. The van der Waals surface area contributed by atoms with Crippen LogP contribution < -0.4 is 10.0 Å². The van der Waals surface area contributed by atoms with Crippen LogP contribution in [0.3, 0.4) is 0 Å². The number of aryl methyl sites for hydroxylation is 2. The van der Waals surface area contributed by atoms with Crippen LogP contribution in [0.15, 0.2) is 65.6 Å². The van der Waals surface area contributed by atoms with Gasteiger partial charge in [-0.3, -0.25) is 9.52 Å². The van der Waals surface area contributed by atoms with Crippen LogP contribution in [0.2, 0.25) is 5.02 Å². The van der Waals surface area contributed by atoms with Crippen molar-refractivity contribution in [2.45, 2.75) is 25.2 Å². The van der Waals surface area contributed by atoms with Crippen molar-refractivity contribution in [3.63, 3.8) is 0 Å². The minimum atomic E-state index is -4.11. The first-order valence-corrected chi connectivity index (χ1v) is 10.9. The minimum Gasteiger partial charge on any atom is -0.326 e. The van der Waals surface area contributed by atoms with Gasteiger partial charge in [0.05, 0.1) is 6.42 Å². The van der Waals surface area contributed by atoms with Crippen molar-refractivity contribution < 1.29 is 17.6 Å². The number of benzene rings is 3. The number of carbonyl (C=O) groups is 1. The van der Waals surface area contributed by atoms with Gasteiger partial charge in [0.1, 0.15) is 10.7 Å². The Morgan fingerprint density at radius 3 is 2.33 bits per heavy atom. The number of anilines is 2. The maximum Gasteiger partial charge on any atom is 0.264 e. The molecule has 0 atom stereocenters. The first kappa shape index (κ1) is 21.8. The van der Waals surface area contributed by atoms with Gasteiger partial charge in [0.15, 0.2) is 0 Å². The predicted octanol–water partition coefficient (Wildman–Crippen LogP) is 5.08. The molecule has 0 radical (unpaired) electrons. The molecule has 0 aliphatic heterocycles. The molecule has 0 unspecified atom stereocenters. The zero-order valence-electron chi connectivity index (χ0n) is 16.4. The number of nitrogens with one attached hydrogen (secondary N) is 2. The van der Waals surface area contributed by atoms with Crippen molar-refractivity contribution in [3.8, 4) is 0 Å². The highest BCUT2D eigenvalue weighted by Crippen LogP contribution is 2.22. The molecule has 0 saturated heterocycles. The summed E-state index contributed by atoms with van der Waals surface area (Å²) in [7, 11) is -4.11. The average molecular weight is 447 g/mol. The molecular formula is C22H20ClFN2O3S. The summed E-state index contributed by atoms with van der Waals surface area (Å²) in [6.07, 6.45) is 0.131. The van der Waals surface area contributed by atoms with E-state index in [0.717, 1.165) is 28.9 Å². The first-order chi connectivity index (χ1) is 14.1. The van der Waals surface area contributed by atoms with E-state index in [4.69, 9.17) is 11.6 Å². The second kappa shape index (κ2) is 8.85. The summed E-state index contributed by atoms with van der Waals surface area (Å²) in [6.45, 7) is 3.91. The molecule has 0 bridgehead atoms. The van der Waals surface area contributed by atoms with E-state index in [-0.39, 0.29) is 23.0 Å². The highest BCUT2D eigenvalue weighted by Gasteiger charge is 2.19. The molecule has 0 aliphatic carbocycles. The third-order valence-corrected chi connectivity index (χ3v) is 6.06. The Morgan fingerprint density at radius 2 is 1.70 bits per heavy atom. The Morgan fingerprint density at radius 1 is 1.00 bits per heavy atom. The molecule has 3 aromatic carbocycles. The zero-order chi connectivity index (χ0) is 21.9. The molecule has 30 heavy (non-hydrogen) atoms. The molecule has 0 heterocycles. The van der Waals surface area contributed by atoms with Crippen molar-refractivity contribution in [1.29, 1.82) is 0 Å². The molecule has 2 N–H and O–H groups in total. The summed E-state index contributed by atoms with van der Waals surface area (Å²) in [5, 5.41) is 2.97. The lowest BCUT2D eigenvalue weighted by molar-refractivity contribution is -0.115. The van der Waals surface area contributed by atoms with Crippen LogP contribution >= 0.6 is 11.6 Å². The lowest BCUT2D eigenvalue weighted by Crippen LogP contribution is -2.16. The van der Waals surface area contributed by atoms with Crippen LogP contribution in [-0.2, 0) is 21.2 Å². The highest BCUT2D eigenvalue weighted by atomic mass is 35.5. The van der Waals surface area contributed by atoms with E-state index in [2.05, 4.69) is 10.0 Å². The number of sulfonamides is 1. The van der Waals surface area contributed by atoms with Gasteiger partial charge in [-0.15, -0.1) is 0 Å². The maximum absolute atomic E-state index is 13.9. The lowest BCUT2D eigenvalue weighted by Gasteiger charge is -2.11. The van der Waals surface area contributed by atoms with Gasteiger partial charge in [-0.1, -0.05) is 41.4 Å². The minimum absolute atomic E-state index is 0.106. The summed E-state index contributed by atoms with van der Waals surface area (Å²) < 4.78 is 41.0. The Balaban J connectivity index is 1.66. The summed E-state index contributed by atoms with van der Waals surface area (Å²) in [5.41, 5.74) is 3.80. The largest absolute Gasteiger partial charge is 0.326 e. The Kier molecular flexibility index (Phi) is 6.43. The monoisotopic (exact) mass is 446 g/mol. The van der Waals surface area contributed by atoms with Crippen LogP contribution in [0.5, 0.6) is 0 Å². The molecule has 1 amide bonds. The van der Waals surface area contributed by atoms with E-state index < -0.39 is 20.7 Å². The molecule has 5 nitrogen and oxygen atoms in total. The van der Waals surface area contributed by atoms with Gasteiger partial charge in [-0.05, 0) is 61.4 Å². The SMILES string of the molecule is Cc1ccc(NC(=O)Cc2ccc(NS(=O)(=O)c3ccc(Cl)cc3F)cc2)c(C)c1. The van der Waals surface area contributed by atoms with Crippen LogP contribution in [0.4, 0.5) is 15.8 Å². The van der Waals surface area contributed by atoms with E-state index in [1.807, 2.05) is 32.0 Å². The molecular weight excluding hydrogens is 427 g/mol. The van der Waals surface area contributed by atoms with Crippen LogP contribution in [0.1, 0.15) is 16.7 Å². The zero-order valence-corrected chi connectivity index (χ0v) is 17.9. The Bertz CT molecular complexity index is 1200. The summed E-state index contributed by atoms with van der Waals surface area (Å²) in [4.78, 5) is 11.8. The summed E-state index contributed by atoms with van der Waals surface area (Å²) in [5.74, 6) is -1.12. The fourth-order valence-corrected chi connectivity index (χ4v) is 4.21. The molecule has 0 aromatic heterocycles. The molecule has 0 spiro atoms. The van der Waals surface area contributed by atoms with Crippen LogP contribution in [0, 0.1) is 19.7 Å². The van der Waals surface area contributed by atoms with Crippen LogP contribution in [0.25, 0.3) is 0 Å². The number of rotatable bonds is 6. The standard InChI is InChI=1S/C22H20ClFN2O3S/c1-14-3-9-20(15(2)11-14)25-22(27)12-16-4-7-18(8-5-16)26-30(28,29)21-10-6-17(23)13-19(21)24/h3-11,13,26H,12H2,1-2H3,(H,25,27). The van der Waals surface area contributed by atoms with Crippen LogP contribution in [-0.4, -0.2) is 14.3 Å². The molecule has 3 aromatic rings. The van der Waals surface area contributed by atoms with Crippen molar-refractivity contribution in [1.82, 2.24) is 0 Å². The number of amides is 1. The Hall–Kier alpha value is -2.90. The third-order valence-electron chi connectivity index (χ3n) is 4.41. The number of hydrogen-bond acceptors (Lipinski definition) is 3. The van der Waals surface area contributed by atoms with Gasteiger partial charge in [0, 0.05) is 16.4 Å². The smallest absolute Gasteiger partial charge is 0.264 e. The summed E-state index contributed by atoms with van der Waals surface area (Å²) >= 11 is 5.66. The van der Waals surface area contributed by atoms with E-state index in [0.29, 0.717) is 5.56 Å². The molecule has 0 fully saturated rings. The fourth-order valence-electron chi connectivity index (χ4n) is 2.93. The van der Waals surface area contributed by atoms with Crippen molar-refractivity contribution in [2.24, 2.45) is 0 Å². The molecule has 156 valence electrons. The number of carbonyl (C=O) groups excluding carboxylic acids is 1. The van der Waals surface area contributed by atoms with E-state index in [1.54, 1.807) is 12.1 Å². The molecule has 3 rings (SSSR count). The second-order valence-corrected chi connectivity index (χ2v) is 9.01. The topological polar surface area (TPSA) is 75.3 Å². The van der Waals surface area contributed by atoms with Gasteiger partial charge in [-0.25, -0.2) is 12.8 Å². The number of halogens is 2. The van der Waals surface area contributed by atoms with Gasteiger partial charge in [0.25, 0.3) is 10.0 Å². The third kappa shape index (κ3) is 5.37. The molecule has 8 heteroatoms. The first-order valence-electron chi connectivity index (χ1n) is 9.08.